The van der Waals surface area contributed by atoms with Crippen LogP contribution in [-0.4, -0.2) is 39.0 Å². The average molecular weight is 1560 g/mol. The van der Waals surface area contributed by atoms with Gasteiger partial charge in [-0.2, -0.15) is 0 Å². The fourth-order valence-corrected chi connectivity index (χ4v) is 21.4. The van der Waals surface area contributed by atoms with E-state index in [-0.39, 0.29) is 0 Å². The molecule has 0 saturated heterocycles. The summed E-state index contributed by atoms with van der Waals surface area (Å²) >= 11 is 5.44. The van der Waals surface area contributed by atoms with Crippen LogP contribution in [0.1, 0.15) is 0 Å². The zero-order valence-corrected chi connectivity index (χ0v) is 65.3. The van der Waals surface area contributed by atoms with Crippen molar-refractivity contribution < 1.29 is 4.42 Å². The highest BCUT2D eigenvalue weighted by Gasteiger charge is 2.24. The van der Waals surface area contributed by atoms with E-state index in [1.54, 1.807) is 11.3 Å². The van der Waals surface area contributed by atoms with Gasteiger partial charge in [-0.3, -0.25) is 0 Å². The number of furan rings is 1. The molecular formula is C106H60N8OS3. The summed E-state index contributed by atoms with van der Waals surface area (Å²) in [7, 11) is 0. The maximum absolute atomic E-state index is 6.18. The lowest BCUT2D eigenvalue weighted by Gasteiger charge is -2.11. The molecule has 8 aromatic heterocycles. The van der Waals surface area contributed by atoms with E-state index in [0.29, 0.717) is 34.9 Å². The van der Waals surface area contributed by atoms with Gasteiger partial charge in [0, 0.05) is 138 Å². The molecule has 118 heavy (non-hydrogen) atoms. The summed E-state index contributed by atoms with van der Waals surface area (Å²) < 4.78 is 18.5. The molecule has 0 fully saturated rings. The fourth-order valence-electron chi connectivity index (χ4n) is 18.2. The van der Waals surface area contributed by atoms with Crippen molar-refractivity contribution in [3.05, 3.63) is 364 Å². The predicted octanol–water partition coefficient (Wildman–Crippen LogP) is 29.6. The molecule has 548 valence electrons. The van der Waals surface area contributed by atoms with Gasteiger partial charge in [0.05, 0.1) is 22.1 Å². The van der Waals surface area contributed by atoms with Crippen LogP contribution >= 0.6 is 34.0 Å². The smallest absolute Gasteiger partial charge is 0.164 e. The Morgan fingerprint density at radius 2 is 0.441 bits per heavy atom. The molecule has 0 bridgehead atoms. The summed E-state index contributed by atoms with van der Waals surface area (Å²) in [6.07, 6.45) is 0. The van der Waals surface area contributed by atoms with Crippen LogP contribution in [-0.2, 0) is 0 Å². The second-order valence-electron chi connectivity index (χ2n) is 30.3. The average Bonchev–Trinajstić information content (AvgIpc) is 1.56. The highest BCUT2D eigenvalue weighted by molar-refractivity contribution is 7.26. The first-order valence-electron chi connectivity index (χ1n) is 39.5. The van der Waals surface area contributed by atoms with Crippen LogP contribution in [0.25, 0.3) is 249 Å². The zero-order valence-electron chi connectivity index (χ0n) is 62.9. The van der Waals surface area contributed by atoms with E-state index < -0.39 is 0 Å². The molecule has 0 saturated carbocycles. The maximum Gasteiger partial charge on any atom is 0.164 e. The van der Waals surface area contributed by atoms with Gasteiger partial charge in [0.15, 0.2) is 34.9 Å². The van der Waals surface area contributed by atoms with Gasteiger partial charge < -0.3 is 13.6 Å². The Labute approximate surface area is 685 Å². The quantitative estimate of drug-likeness (QED) is 0.149. The molecule has 0 amide bonds. The van der Waals surface area contributed by atoms with Crippen LogP contribution < -0.4 is 0 Å². The van der Waals surface area contributed by atoms with E-state index >= 15 is 0 Å². The van der Waals surface area contributed by atoms with E-state index in [9.17, 15) is 0 Å². The normalized spacial score (nSPS) is 12.1. The molecular weight excluding hydrogens is 1500 g/mol. The van der Waals surface area contributed by atoms with Crippen LogP contribution in [0.3, 0.4) is 0 Å². The van der Waals surface area contributed by atoms with Crippen LogP contribution in [0.5, 0.6) is 0 Å². The Balaban J connectivity index is 0.000000131. The molecule has 0 aliphatic heterocycles. The highest BCUT2D eigenvalue weighted by atomic mass is 32.1. The molecule has 26 rings (SSSR count). The van der Waals surface area contributed by atoms with Gasteiger partial charge in [-0.15, -0.1) is 34.0 Å². The minimum Gasteiger partial charge on any atom is -0.456 e. The van der Waals surface area contributed by atoms with Gasteiger partial charge in [0.2, 0.25) is 0 Å². The molecule has 0 unspecified atom stereocenters. The first kappa shape index (κ1) is 66.5. The Bertz CT molecular complexity index is 7770. The Kier molecular flexibility index (Phi) is 14.8. The van der Waals surface area contributed by atoms with Crippen LogP contribution in [0.2, 0.25) is 0 Å². The standard InChI is InChI=1S/C53H30N4OS.C53H30N4S2/c1-3-11-37-31(9-1)19-25-43-49(37)50-38-12-4-2-10-32(38)20-26-44(50)57(43)36-23-17-33(18-24-36)51-54-52(34-21-27-46-41(29-34)39-13-5-7-15-45(39)58-46)56-53(55-51)35-22-28-48-42(30-35)40-14-6-8-16-47(40)59-48;1-3-11-37-31(9-1)19-25-43-49(37)50-38-12-4-2-10-32(38)20-26-44(50)57(43)36-23-17-33(18-24-36)51-54-52(34-21-27-47-41(29-34)39-13-5-7-15-45(39)58-47)56-53(55-51)35-22-28-48-42(30-35)40-14-6-8-16-46(40)59-48/h2*1-30H. The van der Waals surface area contributed by atoms with Crippen LogP contribution in [0.4, 0.5) is 0 Å². The number of benzene rings is 18. The molecule has 0 spiro atoms. The molecule has 0 atom stereocenters. The van der Waals surface area contributed by atoms with Gasteiger partial charge in [-0.25, -0.2) is 29.9 Å². The van der Waals surface area contributed by atoms with E-state index in [4.69, 9.17) is 34.3 Å². The number of aromatic nitrogens is 8. The first-order valence-corrected chi connectivity index (χ1v) is 42.0. The zero-order chi connectivity index (χ0) is 77.2. The lowest BCUT2D eigenvalue weighted by atomic mass is 10.00. The lowest BCUT2D eigenvalue weighted by molar-refractivity contribution is 0.669. The van der Waals surface area contributed by atoms with E-state index in [1.807, 2.05) is 53.0 Å². The lowest BCUT2D eigenvalue weighted by Crippen LogP contribution is -2.00. The van der Waals surface area contributed by atoms with Crippen molar-refractivity contribution in [2.45, 2.75) is 0 Å². The Morgan fingerprint density at radius 1 is 0.186 bits per heavy atom. The summed E-state index contributed by atoms with van der Waals surface area (Å²) in [5.41, 5.74) is 14.2. The van der Waals surface area contributed by atoms with Crippen molar-refractivity contribution >= 4 is 203 Å². The Morgan fingerprint density at radius 3 is 0.788 bits per heavy atom. The fraction of sp³-hybridized carbons (Fsp3) is 0. The summed E-state index contributed by atoms with van der Waals surface area (Å²) in [5.74, 6) is 3.80. The van der Waals surface area contributed by atoms with Gasteiger partial charge in [0.25, 0.3) is 0 Å². The molecule has 0 radical (unpaired) electrons. The molecule has 12 heteroatoms. The van der Waals surface area contributed by atoms with Gasteiger partial charge in [0.1, 0.15) is 11.2 Å². The second-order valence-corrected chi connectivity index (χ2v) is 33.6. The van der Waals surface area contributed by atoms with Crippen molar-refractivity contribution in [3.63, 3.8) is 0 Å². The minimum atomic E-state index is 0.609. The summed E-state index contributed by atoms with van der Waals surface area (Å²) in [6, 6.07) is 130. The van der Waals surface area contributed by atoms with Crippen LogP contribution in [0.15, 0.2) is 368 Å². The molecule has 0 N–H and O–H groups in total. The molecule has 8 heterocycles. The monoisotopic (exact) mass is 1560 g/mol. The van der Waals surface area contributed by atoms with Gasteiger partial charge >= 0.3 is 0 Å². The third kappa shape index (κ3) is 10.6. The van der Waals surface area contributed by atoms with Crippen molar-refractivity contribution in [3.8, 4) is 79.7 Å². The first-order chi connectivity index (χ1) is 58.4. The minimum absolute atomic E-state index is 0.609. The SMILES string of the molecule is c1ccc2c(c1)ccc1c2c2c3ccccc3ccc2n1-c1ccc(-c2nc(-c3ccc4oc5ccccc5c4c3)nc(-c3ccc4sc5ccccc5c4c3)n2)cc1.c1ccc2c(c1)ccc1c2c2c3ccccc3ccc2n1-c1ccc(-c2nc(-c3ccc4sc5ccccc5c4c3)nc(-c3ccc4sc5ccccc5c4c3)n2)cc1. The van der Waals surface area contributed by atoms with Gasteiger partial charge in [-0.05, 0) is 213 Å². The number of para-hydroxylation sites is 1. The molecule has 0 aliphatic rings. The highest BCUT2D eigenvalue weighted by Crippen LogP contribution is 2.46. The van der Waals surface area contributed by atoms with Crippen molar-refractivity contribution in [1.29, 1.82) is 0 Å². The number of nitrogens with zero attached hydrogens (tertiary/aromatic N) is 8. The van der Waals surface area contributed by atoms with E-state index in [1.165, 1.54) is 147 Å². The number of hydrogen-bond acceptors (Lipinski definition) is 10. The number of thiophene rings is 3. The topological polar surface area (TPSA) is 100 Å². The number of rotatable bonds is 8. The molecule has 18 aromatic carbocycles. The van der Waals surface area contributed by atoms with E-state index in [2.05, 4.69) is 343 Å². The third-order valence-electron chi connectivity index (χ3n) is 23.7. The molecule has 26 aromatic rings. The van der Waals surface area contributed by atoms with Gasteiger partial charge in [-0.1, -0.05) is 194 Å². The largest absolute Gasteiger partial charge is 0.456 e. The molecule has 0 aliphatic carbocycles. The van der Waals surface area contributed by atoms with Crippen LogP contribution in [0, 0.1) is 0 Å². The Hall–Kier alpha value is -14.9. The molecule has 9 nitrogen and oxygen atoms in total. The van der Waals surface area contributed by atoms with Crippen molar-refractivity contribution in [1.82, 2.24) is 39.0 Å². The van der Waals surface area contributed by atoms with Crippen molar-refractivity contribution in [2.75, 3.05) is 0 Å². The number of fused-ring (bicyclic) bond motifs is 26. The van der Waals surface area contributed by atoms with E-state index in [0.717, 1.165) is 66.7 Å². The number of hydrogen-bond donors (Lipinski definition) is 0. The second kappa shape index (κ2) is 26.3. The third-order valence-corrected chi connectivity index (χ3v) is 27.1. The summed E-state index contributed by atoms with van der Waals surface area (Å²) in [5, 5.41) is 24.5. The maximum atomic E-state index is 6.18. The summed E-state index contributed by atoms with van der Waals surface area (Å²) in [4.78, 5) is 31.1. The summed E-state index contributed by atoms with van der Waals surface area (Å²) in [6.45, 7) is 0. The predicted molar refractivity (Wildman–Crippen MR) is 497 cm³/mol. The van der Waals surface area contributed by atoms with Crippen molar-refractivity contribution in [2.24, 2.45) is 0 Å².